The van der Waals surface area contributed by atoms with Crippen LogP contribution in [-0.4, -0.2) is 52.9 Å². The number of ether oxygens (including phenoxy) is 2. The van der Waals surface area contributed by atoms with E-state index in [1.807, 2.05) is 28.8 Å². The van der Waals surface area contributed by atoms with Gasteiger partial charge in [0.05, 0.1) is 26.7 Å². The highest BCUT2D eigenvalue weighted by molar-refractivity contribution is 9.10. The van der Waals surface area contributed by atoms with Crippen molar-refractivity contribution < 1.29 is 14.3 Å². The lowest BCUT2D eigenvalue weighted by molar-refractivity contribution is -0.139. The van der Waals surface area contributed by atoms with Gasteiger partial charge in [-0.15, -0.1) is 0 Å². The number of aromatic nitrogens is 4. The topological polar surface area (TPSA) is 117 Å². The van der Waals surface area contributed by atoms with Crippen LogP contribution in [0.25, 0.3) is 11.2 Å². The molecule has 0 aliphatic carbocycles. The van der Waals surface area contributed by atoms with Gasteiger partial charge in [0, 0.05) is 13.7 Å². The lowest BCUT2D eigenvalue weighted by atomic mass is 10.1. The standard InChI is InChI=1S/C18H21BrN6O3/c1-27-7-6-21-18-23-15(20)14-16(24-18)25(17(19)22-14)10-12-5-3-4-11(8-12)9-13(26)28-2/h3-5,8H,6-7,9-10H2,1-2H3,(H3,20,21,23,24). The van der Waals surface area contributed by atoms with Gasteiger partial charge in [-0.1, -0.05) is 24.3 Å². The highest BCUT2D eigenvalue weighted by atomic mass is 79.9. The first-order chi connectivity index (χ1) is 13.5. The first-order valence-electron chi connectivity index (χ1n) is 8.58. The Balaban J connectivity index is 1.91. The van der Waals surface area contributed by atoms with Crippen LogP contribution < -0.4 is 11.1 Å². The summed E-state index contributed by atoms with van der Waals surface area (Å²) < 4.78 is 12.3. The first kappa shape index (κ1) is 20.0. The minimum absolute atomic E-state index is 0.221. The average molecular weight is 449 g/mol. The number of rotatable bonds is 8. The van der Waals surface area contributed by atoms with Gasteiger partial charge in [-0.2, -0.15) is 9.97 Å². The molecule has 148 valence electrons. The summed E-state index contributed by atoms with van der Waals surface area (Å²) in [6.45, 7) is 1.59. The summed E-state index contributed by atoms with van der Waals surface area (Å²) in [4.78, 5) is 24.8. The first-order valence-corrected chi connectivity index (χ1v) is 9.37. The number of esters is 1. The summed E-state index contributed by atoms with van der Waals surface area (Å²) >= 11 is 3.47. The van der Waals surface area contributed by atoms with Gasteiger partial charge in [-0.25, -0.2) is 4.98 Å². The zero-order chi connectivity index (χ0) is 20.1. The molecule has 2 heterocycles. The van der Waals surface area contributed by atoms with Crippen molar-refractivity contribution >= 4 is 44.8 Å². The van der Waals surface area contributed by atoms with Crippen LogP contribution in [0.5, 0.6) is 0 Å². The Labute approximate surface area is 170 Å². The van der Waals surface area contributed by atoms with Crippen LogP contribution in [0, 0.1) is 0 Å². The van der Waals surface area contributed by atoms with Crippen molar-refractivity contribution in [1.29, 1.82) is 0 Å². The van der Waals surface area contributed by atoms with E-state index in [1.54, 1.807) is 7.11 Å². The van der Waals surface area contributed by atoms with Crippen LogP contribution in [0.2, 0.25) is 0 Å². The number of halogens is 1. The number of imidazole rings is 1. The fourth-order valence-corrected chi connectivity index (χ4v) is 3.21. The number of benzene rings is 1. The Hall–Kier alpha value is -2.72. The molecule has 10 heteroatoms. The monoisotopic (exact) mass is 448 g/mol. The Morgan fingerprint density at radius 1 is 1.25 bits per heavy atom. The lowest BCUT2D eigenvalue weighted by Crippen LogP contribution is -2.12. The minimum Gasteiger partial charge on any atom is -0.469 e. The molecular formula is C18H21BrN6O3. The Bertz CT molecular complexity index is 991. The van der Waals surface area contributed by atoms with E-state index in [0.29, 0.717) is 47.4 Å². The molecule has 3 N–H and O–H groups in total. The number of nitrogens with two attached hydrogens (primary N) is 1. The SMILES string of the molecule is COCCNc1nc(N)c2nc(Br)n(Cc3cccc(CC(=O)OC)c3)c2n1. The van der Waals surface area contributed by atoms with Gasteiger partial charge in [-0.3, -0.25) is 9.36 Å². The van der Waals surface area contributed by atoms with Crippen LogP contribution in [0.1, 0.15) is 11.1 Å². The highest BCUT2D eigenvalue weighted by Gasteiger charge is 2.16. The number of methoxy groups -OCH3 is 2. The van der Waals surface area contributed by atoms with Crippen molar-refractivity contribution in [3.8, 4) is 0 Å². The van der Waals surface area contributed by atoms with Gasteiger partial charge in [-0.05, 0) is 27.1 Å². The zero-order valence-corrected chi connectivity index (χ0v) is 17.2. The van der Waals surface area contributed by atoms with Gasteiger partial charge >= 0.3 is 5.97 Å². The molecule has 0 atom stereocenters. The Morgan fingerprint density at radius 2 is 2.04 bits per heavy atom. The number of nitrogen functional groups attached to an aromatic ring is 1. The van der Waals surface area contributed by atoms with Crippen LogP contribution in [0.15, 0.2) is 29.0 Å². The summed E-state index contributed by atoms with van der Waals surface area (Å²) in [5.41, 5.74) is 9.06. The molecule has 0 fully saturated rings. The Morgan fingerprint density at radius 3 is 2.79 bits per heavy atom. The highest BCUT2D eigenvalue weighted by Crippen LogP contribution is 2.25. The van der Waals surface area contributed by atoms with E-state index in [-0.39, 0.29) is 12.4 Å². The van der Waals surface area contributed by atoms with Crippen molar-refractivity contribution in [2.75, 3.05) is 38.4 Å². The van der Waals surface area contributed by atoms with Crippen molar-refractivity contribution in [2.45, 2.75) is 13.0 Å². The van der Waals surface area contributed by atoms with E-state index in [4.69, 9.17) is 15.2 Å². The number of carbonyl (C=O) groups is 1. The quantitative estimate of drug-likeness (QED) is 0.305. The number of nitrogens with zero attached hydrogens (tertiary/aromatic N) is 4. The number of hydrogen-bond donors (Lipinski definition) is 2. The van der Waals surface area contributed by atoms with Gasteiger partial charge < -0.3 is 20.5 Å². The smallest absolute Gasteiger partial charge is 0.309 e. The number of fused-ring (bicyclic) bond motifs is 1. The van der Waals surface area contributed by atoms with E-state index < -0.39 is 0 Å². The molecule has 0 aliphatic rings. The molecule has 0 saturated carbocycles. The molecule has 0 amide bonds. The van der Waals surface area contributed by atoms with E-state index in [0.717, 1.165) is 11.1 Å². The summed E-state index contributed by atoms with van der Waals surface area (Å²) in [5.74, 6) is 0.428. The van der Waals surface area contributed by atoms with Gasteiger partial charge in [0.25, 0.3) is 0 Å². The van der Waals surface area contributed by atoms with E-state index in [9.17, 15) is 4.79 Å². The third kappa shape index (κ3) is 4.57. The summed E-state index contributed by atoms with van der Waals surface area (Å²) in [6, 6.07) is 7.72. The largest absolute Gasteiger partial charge is 0.469 e. The van der Waals surface area contributed by atoms with Crippen LogP contribution >= 0.6 is 15.9 Å². The number of anilines is 2. The zero-order valence-electron chi connectivity index (χ0n) is 15.6. The maximum absolute atomic E-state index is 11.5. The second kappa shape index (κ2) is 8.98. The fourth-order valence-electron chi connectivity index (χ4n) is 2.74. The lowest BCUT2D eigenvalue weighted by Gasteiger charge is -2.09. The Kier molecular flexibility index (Phi) is 6.42. The molecule has 0 saturated heterocycles. The van der Waals surface area contributed by atoms with Crippen molar-refractivity contribution in [2.24, 2.45) is 0 Å². The summed E-state index contributed by atoms with van der Waals surface area (Å²) in [6.07, 6.45) is 0.221. The third-order valence-corrected chi connectivity index (χ3v) is 4.68. The molecule has 28 heavy (non-hydrogen) atoms. The third-order valence-electron chi connectivity index (χ3n) is 4.07. The normalized spacial score (nSPS) is 11.0. The molecule has 3 aromatic rings. The maximum Gasteiger partial charge on any atom is 0.309 e. The second-order valence-corrected chi connectivity index (χ2v) is 6.77. The maximum atomic E-state index is 11.5. The van der Waals surface area contributed by atoms with Gasteiger partial charge in [0.15, 0.2) is 21.7 Å². The molecule has 3 rings (SSSR count). The molecule has 0 radical (unpaired) electrons. The van der Waals surface area contributed by atoms with Crippen LogP contribution in [0.4, 0.5) is 11.8 Å². The van der Waals surface area contributed by atoms with Crippen molar-refractivity contribution in [3.05, 3.63) is 40.1 Å². The average Bonchev–Trinajstić information content (AvgIpc) is 2.98. The second-order valence-electron chi connectivity index (χ2n) is 6.06. The number of hydrogen-bond acceptors (Lipinski definition) is 8. The molecular weight excluding hydrogens is 428 g/mol. The predicted octanol–water partition coefficient (Wildman–Crippen LogP) is 1.99. The molecule has 2 aromatic heterocycles. The summed E-state index contributed by atoms with van der Waals surface area (Å²) in [7, 11) is 3.00. The van der Waals surface area contributed by atoms with E-state index in [1.165, 1.54) is 7.11 Å². The van der Waals surface area contributed by atoms with E-state index >= 15 is 0 Å². The van der Waals surface area contributed by atoms with Gasteiger partial charge in [0.2, 0.25) is 5.95 Å². The van der Waals surface area contributed by atoms with E-state index in [2.05, 4.69) is 36.2 Å². The molecule has 1 aromatic carbocycles. The van der Waals surface area contributed by atoms with Crippen LogP contribution in [-0.2, 0) is 27.2 Å². The molecule has 0 spiro atoms. The number of nitrogens with one attached hydrogen (secondary N) is 1. The molecule has 0 bridgehead atoms. The minimum atomic E-state index is -0.279. The number of carbonyl (C=O) groups excluding carboxylic acids is 1. The molecule has 0 unspecified atom stereocenters. The van der Waals surface area contributed by atoms with Crippen LogP contribution in [0.3, 0.4) is 0 Å². The molecule has 9 nitrogen and oxygen atoms in total. The fraction of sp³-hybridized carbons (Fsp3) is 0.333. The van der Waals surface area contributed by atoms with Gasteiger partial charge in [0.1, 0.15) is 0 Å². The summed E-state index contributed by atoms with van der Waals surface area (Å²) in [5, 5.41) is 3.08. The van der Waals surface area contributed by atoms with Crippen molar-refractivity contribution in [3.63, 3.8) is 0 Å². The molecule has 0 aliphatic heterocycles. The van der Waals surface area contributed by atoms with Crippen molar-refractivity contribution in [1.82, 2.24) is 19.5 Å². The predicted molar refractivity (Wildman–Crippen MR) is 109 cm³/mol.